The summed E-state index contributed by atoms with van der Waals surface area (Å²) >= 11 is 0. The van der Waals surface area contributed by atoms with Crippen molar-refractivity contribution in [1.82, 2.24) is 19.8 Å². The van der Waals surface area contributed by atoms with Crippen molar-refractivity contribution in [3.63, 3.8) is 0 Å². The van der Waals surface area contributed by atoms with Crippen LogP contribution in [0.1, 0.15) is 28.9 Å². The van der Waals surface area contributed by atoms with E-state index in [0.717, 1.165) is 62.9 Å². The summed E-state index contributed by atoms with van der Waals surface area (Å²) < 4.78 is 20.2. The van der Waals surface area contributed by atoms with Crippen LogP contribution in [0.25, 0.3) is 0 Å². The number of carbonyl (C=O) groups excluding carboxylic acids is 1. The number of H-pyrrole nitrogens is 2. The van der Waals surface area contributed by atoms with Crippen LogP contribution in [0, 0.1) is 11.7 Å². The molecule has 0 radical (unpaired) electrons. The van der Waals surface area contributed by atoms with Gasteiger partial charge < -0.3 is 19.5 Å². The number of benzene rings is 2. The predicted octanol–water partition coefficient (Wildman–Crippen LogP) is 2.46. The largest absolute Gasteiger partial charge is 0.493 e. The summed E-state index contributed by atoms with van der Waals surface area (Å²) in [5.74, 6) is 0.405. The molecule has 2 fully saturated rings. The first kappa shape index (κ1) is 25.7. The Morgan fingerprint density at radius 1 is 0.974 bits per heavy atom. The molecule has 2 aliphatic heterocycles. The highest BCUT2D eigenvalue weighted by Crippen LogP contribution is 2.23. The molecule has 3 aromatic rings. The smallest absolute Gasteiger partial charge is 0.326 e. The van der Waals surface area contributed by atoms with E-state index in [-0.39, 0.29) is 23.3 Å². The number of hydrogen-bond donors (Lipinski definition) is 2. The van der Waals surface area contributed by atoms with Crippen LogP contribution in [0.5, 0.6) is 5.75 Å². The first-order valence-corrected chi connectivity index (χ1v) is 13.0. The van der Waals surface area contributed by atoms with Crippen LogP contribution < -0.4 is 20.9 Å². The normalized spacial score (nSPS) is 18.4. The van der Waals surface area contributed by atoms with Gasteiger partial charge in [-0.2, -0.15) is 0 Å². The third-order valence-electron chi connectivity index (χ3n) is 7.15. The SMILES string of the molecule is O=C(c1cc(=O)[nH]c(=O)[nH]1)N1CCCC(COc2cccc(CN3CCN(c4ccccc4F)CC3)c2)C1. The van der Waals surface area contributed by atoms with Crippen molar-refractivity contribution >= 4 is 11.6 Å². The fourth-order valence-electron chi connectivity index (χ4n) is 5.20. The standard InChI is InChI=1S/C28H32FN5O4/c29-23-8-1-2-9-25(23)33-13-11-32(12-14-33)17-20-5-3-7-22(15-20)38-19-21-6-4-10-34(18-21)27(36)24-16-26(35)31-28(37)30-24/h1-3,5,7-9,15-16,21H,4,6,10-14,17-19H2,(H2,30,31,35,37). The van der Waals surface area contributed by atoms with Crippen molar-refractivity contribution in [2.24, 2.45) is 5.92 Å². The number of halogens is 1. The van der Waals surface area contributed by atoms with Gasteiger partial charge in [-0.1, -0.05) is 24.3 Å². The fourth-order valence-corrected chi connectivity index (χ4v) is 5.20. The lowest BCUT2D eigenvalue weighted by molar-refractivity contribution is 0.0626. The van der Waals surface area contributed by atoms with Crippen molar-refractivity contribution in [3.8, 4) is 5.75 Å². The molecule has 0 bridgehead atoms. The lowest BCUT2D eigenvalue weighted by Crippen LogP contribution is -2.46. The van der Waals surface area contributed by atoms with Crippen molar-refractivity contribution in [3.05, 3.63) is 92.5 Å². The van der Waals surface area contributed by atoms with Gasteiger partial charge in [0, 0.05) is 57.8 Å². The van der Waals surface area contributed by atoms with E-state index < -0.39 is 11.2 Å². The Bertz CT molecular complexity index is 1350. The van der Waals surface area contributed by atoms with E-state index in [1.54, 1.807) is 11.0 Å². The molecule has 0 aliphatic carbocycles. The molecule has 3 heterocycles. The molecule has 1 unspecified atom stereocenters. The number of ether oxygens (including phenoxy) is 1. The molecular formula is C28H32FN5O4. The third kappa shape index (κ3) is 6.31. The summed E-state index contributed by atoms with van der Waals surface area (Å²) in [6.07, 6.45) is 1.76. The minimum Gasteiger partial charge on any atom is -0.493 e. The minimum absolute atomic E-state index is 0.00255. The molecule has 0 saturated carbocycles. The molecule has 1 aromatic heterocycles. The second kappa shape index (κ2) is 11.6. The number of para-hydroxylation sites is 1. The number of amides is 1. The van der Waals surface area contributed by atoms with E-state index in [1.165, 1.54) is 6.07 Å². The summed E-state index contributed by atoms with van der Waals surface area (Å²) in [7, 11) is 0. The first-order valence-electron chi connectivity index (χ1n) is 13.0. The van der Waals surface area contributed by atoms with E-state index in [1.807, 2.05) is 24.3 Å². The summed E-state index contributed by atoms with van der Waals surface area (Å²) in [4.78, 5) is 46.5. The molecule has 200 valence electrons. The van der Waals surface area contributed by atoms with Gasteiger partial charge in [0.15, 0.2) is 0 Å². The van der Waals surface area contributed by atoms with E-state index in [2.05, 4.69) is 31.9 Å². The number of hydrogen-bond acceptors (Lipinski definition) is 6. The maximum atomic E-state index is 14.1. The second-order valence-electron chi connectivity index (χ2n) is 9.93. The zero-order chi connectivity index (χ0) is 26.5. The van der Waals surface area contributed by atoms with Crippen molar-refractivity contribution in [2.75, 3.05) is 50.8 Å². The number of rotatable bonds is 7. The molecule has 2 N–H and O–H groups in total. The molecule has 2 saturated heterocycles. The van der Waals surface area contributed by atoms with Gasteiger partial charge in [0.1, 0.15) is 17.3 Å². The molecule has 9 nitrogen and oxygen atoms in total. The van der Waals surface area contributed by atoms with Gasteiger partial charge in [0.05, 0.1) is 12.3 Å². The van der Waals surface area contributed by atoms with E-state index in [9.17, 15) is 18.8 Å². The zero-order valence-electron chi connectivity index (χ0n) is 21.2. The van der Waals surface area contributed by atoms with Gasteiger partial charge in [0.2, 0.25) is 0 Å². The average Bonchev–Trinajstić information content (AvgIpc) is 2.92. The van der Waals surface area contributed by atoms with Crippen LogP contribution in [0.2, 0.25) is 0 Å². The Morgan fingerprint density at radius 2 is 1.79 bits per heavy atom. The quantitative estimate of drug-likeness (QED) is 0.495. The highest BCUT2D eigenvalue weighted by Gasteiger charge is 2.26. The molecule has 2 aromatic carbocycles. The summed E-state index contributed by atoms with van der Waals surface area (Å²) in [6, 6.07) is 16.1. The monoisotopic (exact) mass is 521 g/mol. The molecule has 38 heavy (non-hydrogen) atoms. The molecule has 1 atom stereocenters. The molecule has 10 heteroatoms. The lowest BCUT2D eigenvalue weighted by atomic mass is 9.98. The van der Waals surface area contributed by atoms with Crippen LogP contribution >= 0.6 is 0 Å². The van der Waals surface area contributed by atoms with Crippen LogP contribution in [0.4, 0.5) is 10.1 Å². The second-order valence-corrected chi connectivity index (χ2v) is 9.93. The van der Waals surface area contributed by atoms with Crippen LogP contribution in [0.3, 0.4) is 0 Å². The molecule has 2 aliphatic rings. The number of piperazine rings is 1. The van der Waals surface area contributed by atoms with Gasteiger partial charge in [-0.3, -0.25) is 19.5 Å². The van der Waals surface area contributed by atoms with Gasteiger partial charge in [-0.05, 0) is 42.7 Å². The number of piperidine rings is 1. The Balaban J connectivity index is 1.12. The summed E-state index contributed by atoms with van der Waals surface area (Å²) in [5.41, 5.74) is 0.532. The van der Waals surface area contributed by atoms with Gasteiger partial charge in [0.25, 0.3) is 11.5 Å². The van der Waals surface area contributed by atoms with Crippen LogP contribution in [-0.4, -0.2) is 71.6 Å². The average molecular weight is 522 g/mol. The van der Waals surface area contributed by atoms with Crippen molar-refractivity contribution < 1.29 is 13.9 Å². The Hall–Kier alpha value is -3.92. The molecule has 0 spiro atoms. The highest BCUT2D eigenvalue weighted by molar-refractivity contribution is 5.92. The maximum absolute atomic E-state index is 14.1. The molecule has 5 rings (SSSR count). The number of nitrogens with zero attached hydrogens (tertiary/aromatic N) is 3. The zero-order valence-corrected chi connectivity index (χ0v) is 21.2. The van der Waals surface area contributed by atoms with Crippen LogP contribution in [0.15, 0.2) is 64.2 Å². The van der Waals surface area contributed by atoms with Crippen molar-refractivity contribution in [1.29, 1.82) is 0 Å². The maximum Gasteiger partial charge on any atom is 0.326 e. The minimum atomic E-state index is -0.690. The van der Waals surface area contributed by atoms with E-state index in [4.69, 9.17) is 4.74 Å². The number of carbonyl (C=O) groups is 1. The topological polar surface area (TPSA) is 102 Å². The first-order chi connectivity index (χ1) is 18.4. The number of nitrogens with one attached hydrogen (secondary N) is 2. The summed E-state index contributed by atoms with van der Waals surface area (Å²) in [6.45, 7) is 5.60. The predicted molar refractivity (Wildman–Crippen MR) is 142 cm³/mol. The fraction of sp³-hybridized carbons (Fsp3) is 0.393. The van der Waals surface area contributed by atoms with E-state index in [0.29, 0.717) is 25.4 Å². The number of anilines is 1. The number of likely N-dealkylation sites (tertiary alicyclic amines) is 1. The molecule has 1 amide bonds. The van der Waals surface area contributed by atoms with Gasteiger partial charge >= 0.3 is 5.69 Å². The molecular weight excluding hydrogens is 489 g/mol. The lowest BCUT2D eigenvalue weighted by Gasteiger charge is -2.36. The Morgan fingerprint density at radius 3 is 2.58 bits per heavy atom. The highest BCUT2D eigenvalue weighted by atomic mass is 19.1. The van der Waals surface area contributed by atoms with E-state index >= 15 is 0 Å². The van der Waals surface area contributed by atoms with Crippen molar-refractivity contribution in [2.45, 2.75) is 19.4 Å². The Labute approximate surface area is 219 Å². The van der Waals surface area contributed by atoms with Gasteiger partial charge in [-0.15, -0.1) is 0 Å². The third-order valence-corrected chi connectivity index (χ3v) is 7.15. The number of aromatic nitrogens is 2. The summed E-state index contributed by atoms with van der Waals surface area (Å²) in [5, 5.41) is 0. The number of aromatic amines is 2. The van der Waals surface area contributed by atoms with Crippen LogP contribution in [-0.2, 0) is 6.54 Å². The van der Waals surface area contributed by atoms with Gasteiger partial charge in [-0.25, -0.2) is 9.18 Å². The Kier molecular flexibility index (Phi) is 7.88.